The van der Waals surface area contributed by atoms with Crippen molar-refractivity contribution in [1.82, 2.24) is 15.1 Å². The van der Waals surface area contributed by atoms with Crippen LogP contribution >= 0.6 is 23.2 Å². The van der Waals surface area contributed by atoms with Crippen molar-refractivity contribution >= 4 is 29.1 Å². The Morgan fingerprint density at radius 2 is 1.90 bits per heavy atom. The molecule has 1 N–H and O–H groups in total. The van der Waals surface area contributed by atoms with Crippen LogP contribution in [0.3, 0.4) is 0 Å². The number of aryl methyl sites for hydroxylation is 1. The number of nitrogens with one attached hydrogen (secondary N) is 1. The highest BCUT2D eigenvalue weighted by molar-refractivity contribution is 6.42. The molecule has 1 amide bonds. The van der Waals surface area contributed by atoms with Gasteiger partial charge in [-0.05, 0) is 36.8 Å². The minimum absolute atomic E-state index is 0.136. The highest BCUT2D eigenvalue weighted by atomic mass is 35.5. The Labute approximate surface area is 183 Å². The summed E-state index contributed by atoms with van der Waals surface area (Å²) in [7, 11) is 0. The molecule has 1 aliphatic heterocycles. The molecule has 4 aromatic rings. The second kappa shape index (κ2) is 7.35. The fourth-order valence-electron chi connectivity index (χ4n) is 3.89. The summed E-state index contributed by atoms with van der Waals surface area (Å²) >= 11 is 12.5. The molecule has 0 aliphatic carbocycles. The zero-order valence-corrected chi connectivity index (χ0v) is 17.5. The summed E-state index contributed by atoms with van der Waals surface area (Å²) in [5.41, 5.74) is 5.01. The van der Waals surface area contributed by atoms with E-state index < -0.39 is 0 Å². The molecule has 7 heteroatoms. The number of carbonyl (C=O) groups excluding carboxylic acids is 1. The fraction of sp³-hybridized carbons (Fsp3) is 0.130. The monoisotopic (exact) mass is 437 g/mol. The van der Waals surface area contributed by atoms with Crippen LogP contribution in [-0.4, -0.2) is 21.0 Å². The molecule has 1 atom stereocenters. The summed E-state index contributed by atoms with van der Waals surface area (Å²) in [6.07, 6.45) is 1.60. The molecule has 0 radical (unpaired) electrons. The number of rotatable bonds is 4. The molecule has 0 fully saturated rings. The summed E-state index contributed by atoms with van der Waals surface area (Å²) in [6, 6.07) is 16.8. The number of amides is 1. The van der Waals surface area contributed by atoms with Crippen LogP contribution in [-0.2, 0) is 6.54 Å². The van der Waals surface area contributed by atoms with Crippen LogP contribution in [0.15, 0.2) is 65.3 Å². The van der Waals surface area contributed by atoms with Gasteiger partial charge in [-0.1, -0.05) is 59.1 Å². The number of H-pyrrole nitrogens is 1. The summed E-state index contributed by atoms with van der Waals surface area (Å²) in [4.78, 5) is 15.1. The Bertz CT molecular complexity index is 1230. The highest BCUT2D eigenvalue weighted by Crippen LogP contribution is 2.44. The maximum Gasteiger partial charge on any atom is 0.273 e. The minimum atomic E-state index is -0.373. The van der Waals surface area contributed by atoms with E-state index in [9.17, 15) is 4.79 Å². The molecule has 1 unspecified atom stereocenters. The first-order valence-corrected chi connectivity index (χ1v) is 10.2. The second-order valence-corrected chi connectivity index (χ2v) is 8.13. The third-order valence-electron chi connectivity index (χ3n) is 5.35. The lowest BCUT2D eigenvalue weighted by atomic mass is 9.95. The topological polar surface area (TPSA) is 62.1 Å². The highest BCUT2D eigenvalue weighted by Gasteiger charge is 2.42. The van der Waals surface area contributed by atoms with Crippen LogP contribution in [0, 0.1) is 6.92 Å². The predicted octanol–water partition coefficient (Wildman–Crippen LogP) is 6.03. The van der Waals surface area contributed by atoms with Crippen LogP contribution in [0.25, 0.3) is 11.3 Å². The molecular weight excluding hydrogens is 421 g/mol. The van der Waals surface area contributed by atoms with Gasteiger partial charge in [0.2, 0.25) is 0 Å². The molecule has 1 aliphatic rings. The lowest BCUT2D eigenvalue weighted by Crippen LogP contribution is -2.29. The van der Waals surface area contributed by atoms with E-state index in [2.05, 4.69) is 10.2 Å². The number of fused-ring (bicyclic) bond motifs is 1. The summed E-state index contributed by atoms with van der Waals surface area (Å²) < 4.78 is 5.51. The van der Waals surface area contributed by atoms with Gasteiger partial charge in [-0.3, -0.25) is 9.89 Å². The summed E-state index contributed by atoms with van der Waals surface area (Å²) in [5.74, 6) is 0.562. The predicted molar refractivity (Wildman–Crippen MR) is 116 cm³/mol. The molecule has 5 rings (SSSR count). The van der Waals surface area contributed by atoms with Crippen molar-refractivity contribution in [2.75, 3.05) is 0 Å². The molecule has 3 heterocycles. The molecular formula is C23H17Cl2N3O2. The number of aromatic nitrogens is 2. The number of halogens is 2. The van der Waals surface area contributed by atoms with E-state index >= 15 is 0 Å². The molecule has 2 aromatic heterocycles. The van der Waals surface area contributed by atoms with Crippen LogP contribution in [0.1, 0.15) is 39.0 Å². The molecule has 30 heavy (non-hydrogen) atoms. The quantitative estimate of drug-likeness (QED) is 0.423. The zero-order chi connectivity index (χ0) is 20.8. The fourth-order valence-corrected chi connectivity index (χ4v) is 4.20. The molecule has 0 saturated heterocycles. The number of nitrogens with zero attached hydrogens (tertiary/aromatic N) is 2. The van der Waals surface area contributed by atoms with Crippen molar-refractivity contribution in [1.29, 1.82) is 0 Å². The third kappa shape index (κ3) is 3.11. The maximum atomic E-state index is 13.3. The Kier molecular flexibility index (Phi) is 4.65. The number of furan rings is 1. The van der Waals surface area contributed by atoms with Crippen molar-refractivity contribution in [2.45, 2.75) is 19.5 Å². The van der Waals surface area contributed by atoms with Crippen LogP contribution < -0.4 is 0 Å². The Hall–Kier alpha value is -3.02. The normalized spacial score (nSPS) is 15.6. The Morgan fingerprint density at radius 3 is 2.60 bits per heavy atom. The Morgan fingerprint density at radius 1 is 1.10 bits per heavy atom. The zero-order valence-electron chi connectivity index (χ0n) is 16.0. The van der Waals surface area contributed by atoms with Gasteiger partial charge >= 0.3 is 0 Å². The number of hydrogen-bond acceptors (Lipinski definition) is 3. The number of aromatic amines is 1. The SMILES string of the molecule is Cc1ccc(-c2n[nH]c3c2C(c2ccc(Cl)c(Cl)c2)N(Cc2ccco2)C3=O)cc1. The summed E-state index contributed by atoms with van der Waals surface area (Å²) in [5, 5.41) is 8.34. The first-order chi connectivity index (χ1) is 14.5. The van der Waals surface area contributed by atoms with Crippen molar-refractivity contribution in [2.24, 2.45) is 0 Å². The van der Waals surface area contributed by atoms with Crippen LogP contribution in [0.5, 0.6) is 0 Å². The van der Waals surface area contributed by atoms with E-state index in [4.69, 9.17) is 27.6 Å². The summed E-state index contributed by atoms with van der Waals surface area (Å²) in [6.45, 7) is 2.36. The molecule has 5 nitrogen and oxygen atoms in total. The van der Waals surface area contributed by atoms with Crippen LogP contribution in [0.4, 0.5) is 0 Å². The standard InChI is InChI=1S/C23H17Cl2N3O2/c1-13-4-6-14(7-5-13)20-19-21(27-26-20)23(29)28(12-16-3-2-10-30-16)22(19)15-8-9-17(24)18(25)11-15/h2-11,22H,12H2,1H3,(H,26,27). The van der Waals surface area contributed by atoms with Gasteiger partial charge < -0.3 is 9.32 Å². The number of carbonyl (C=O) groups is 1. The van der Waals surface area contributed by atoms with Gasteiger partial charge in [0.15, 0.2) is 0 Å². The number of benzene rings is 2. The van der Waals surface area contributed by atoms with Gasteiger partial charge in [-0.15, -0.1) is 0 Å². The van der Waals surface area contributed by atoms with Crippen molar-refractivity contribution in [3.8, 4) is 11.3 Å². The van der Waals surface area contributed by atoms with Gasteiger partial charge in [0.05, 0.1) is 34.6 Å². The second-order valence-electron chi connectivity index (χ2n) is 7.32. The first-order valence-electron chi connectivity index (χ1n) is 9.46. The van der Waals surface area contributed by atoms with Crippen molar-refractivity contribution in [3.63, 3.8) is 0 Å². The van der Waals surface area contributed by atoms with E-state index in [1.807, 2.05) is 49.4 Å². The van der Waals surface area contributed by atoms with Crippen molar-refractivity contribution in [3.05, 3.63) is 99.1 Å². The molecule has 0 spiro atoms. The first kappa shape index (κ1) is 19.0. The minimum Gasteiger partial charge on any atom is -0.467 e. The van der Waals surface area contributed by atoms with Gasteiger partial charge in [-0.2, -0.15) is 5.10 Å². The lowest BCUT2D eigenvalue weighted by molar-refractivity contribution is 0.0717. The maximum absolute atomic E-state index is 13.3. The van der Waals surface area contributed by atoms with Gasteiger partial charge in [0, 0.05) is 11.1 Å². The van der Waals surface area contributed by atoms with E-state index in [0.717, 1.165) is 27.9 Å². The molecule has 2 aromatic carbocycles. The Balaban J connectivity index is 1.67. The van der Waals surface area contributed by atoms with E-state index in [0.29, 0.717) is 28.0 Å². The molecule has 0 saturated carbocycles. The van der Waals surface area contributed by atoms with E-state index in [1.165, 1.54) is 0 Å². The smallest absolute Gasteiger partial charge is 0.273 e. The molecule has 150 valence electrons. The van der Waals surface area contributed by atoms with Gasteiger partial charge in [0.25, 0.3) is 5.91 Å². The average molecular weight is 438 g/mol. The average Bonchev–Trinajstić information content (AvgIpc) is 3.45. The van der Waals surface area contributed by atoms with Gasteiger partial charge in [-0.25, -0.2) is 0 Å². The van der Waals surface area contributed by atoms with Gasteiger partial charge in [0.1, 0.15) is 11.5 Å². The number of hydrogen-bond donors (Lipinski definition) is 1. The third-order valence-corrected chi connectivity index (χ3v) is 6.09. The van der Waals surface area contributed by atoms with Crippen molar-refractivity contribution < 1.29 is 9.21 Å². The van der Waals surface area contributed by atoms with E-state index in [1.54, 1.807) is 23.3 Å². The largest absolute Gasteiger partial charge is 0.467 e. The van der Waals surface area contributed by atoms with E-state index in [-0.39, 0.29) is 11.9 Å². The molecule has 0 bridgehead atoms. The van der Waals surface area contributed by atoms with Crippen LogP contribution in [0.2, 0.25) is 10.0 Å². The lowest BCUT2D eigenvalue weighted by Gasteiger charge is -2.26.